The van der Waals surface area contributed by atoms with Crippen molar-refractivity contribution in [3.05, 3.63) is 40.9 Å². The van der Waals surface area contributed by atoms with Crippen LogP contribution in [0.25, 0.3) is 0 Å². The molecule has 2 rings (SSSR count). The molecule has 0 amide bonds. The van der Waals surface area contributed by atoms with Crippen LogP contribution in [0.2, 0.25) is 0 Å². The van der Waals surface area contributed by atoms with Gasteiger partial charge in [-0.25, -0.2) is 4.98 Å². The van der Waals surface area contributed by atoms with Crippen LogP contribution >= 0.6 is 11.3 Å². The first-order valence-corrected chi connectivity index (χ1v) is 6.74. The molecule has 0 aliphatic carbocycles. The Labute approximate surface area is 118 Å². The minimum Gasteiger partial charge on any atom is -0.491 e. The van der Waals surface area contributed by atoms with Crippen LogP contribution < -0.4 is 10.1 Å². The summed E-state index contributed by atoms with van der Waals surface area (Å²) in [6.07, 6.45) is -3.51. The SMILES string of the molecule is Cc1ccccc1OCCNc1ncc(C(F)(F)F)s1. The zero-order chi connectivity index (χ0) is 14.6. The van der Waals surface area contributed by atoms with Crippen molar-refractivity contribution in [3.63, 3.8) is 0 Å². The number of nitrogens with zero attached hydrogens (tertiary/aromatic N) is 1. The van der Waals surface area contributed by atoms with E-state index in [9.17, 15) is 13.2 Å². The summed E-state index contributed by atoms with van der Waals surface area (Å²) in [7, 11) is 0. The number of anilines is 1. The average molecular weight is 302 g/mol. The summed E-state index contributed by atoms with van der Waals surface area (Å²) in [6, 6.07) is 7.56. The lowest BCUT2D eigenvalue weighted by Crippen LogP contribution is -2.11. The van der Waals surface area contributed by atoms with Gasteiger partial charge < -0.3 is 10.1 Å². The molecule has 1 N–H and O–H groups in total. The van der Waals surface area contributed by atoms with E-state index in [0.29, 0.717) is 24.5 Å². The van der Waals surface area contributed by atoms with Gasteiger partial charge in [0.15, 0.2) is 5.13 Å². The van der Waals surface area contributed by atoms with E-state index in [2.05, 4.69) is 10.3 Å². The van der Waals surface area contributed by atoms with Gasteiger partial charge in [-0.3, -0.25) is 0 Å². The van der Waals surface area contributed by atoms with Crippen molar-refractivity contribution < 1.29 is 17.9 Å². The van der Waals surface area contributed by atoms with Crippen LogP contribution in [0.1, 0.15) is 10.4 Å². The summed E-state index contributed by atoms with van der Waals surface area (Å²) in [5.74, 6) is 0.768. The lowest BCUT2D eigenvalue weighted by atomic mass is 10.2. The molecule has 0 spiro atoms. The molecule has 0 aliphatic heterocycles. The minimum absolute atomic E-state index is 0.241. The van der Waals surface area contributed by atoms with Crippen molar-refractivity contribution in [1.29, 1.82) is 0 Å². The fourth-order valence-corrected chi connectivity index (χ4v) is 2.23. The van der Waals surface area contributed by atoms with Crippen LogP contribution in [0.4, 0.5) is 18.3 Å². The molecule has 1 heterocycles. The first-order chi connectivity index (χ1) is 9.47. The van der Waals surface area contributed by atoms with Gasteiger partial charge in [0.05, 0.1) is 12.7 Å². The fraction of sp³-hybridized carbons (Fsp3) is 0.308. The van der Waals surface area contributed by atoms with E-state index in [-0.39, 0.29) is 5.13 Å². The number of rotatable bonds is 5. The highest BCUT2D eigenvalue weighted by molar-refractivity contribution is 7.15. The van der Waals surface area contributed by atoms with E-state index < -0.39 is 11.1 Å². The average Bonchev–Trinajstić information content (AvgIpc) is 2.85. The largest absolute Gasteiger partial charge is 0.491 e. The van der Waals surface area contributed by atoms with Crippen LogP contribution in [0.3, 0.4) is 0 Å². The first-order valence-electron chi connectivity index (χ1n) is 5.92. The van der Waals surface area contributed by atoms with Gasteiger partial charge in [0.1, 0.15) is 17.2 Å². The summed E-state index contributed by atoms with van der Waals surface area (Å²) in [5, 5.41) is 3.05. The Morgan fingerprint density at radius 1 is 1.30 bits per heavy atom. The van der Waals surface area contributed by atoms with Crippen molar-refractivity contribution in [3.8, 4) is 5.75 Å². The number of aromatic nitrogens is 1. The number of halogens is 3. The molecule has 20 heavy (non-hydrogen) atoms. The third-order valence-corrected chi connectivity index (χ3v) is 3.51. The smallest absolute Gasteiger partial charge is 0.427 e. The maximum Gasteiger partial charge on any atom is 0.427 e. The molecule has 1 aromatic carbocycles. The quantitative estimate of drug-likeness (QED) is 0.849. The molecule has 0 aliphatic rings. The second kappa shape index (κ2) is 6.13. The zero-order valence-corrected chi connectivity index (χ0v) is 11.5. The summed E-state index contributed by atoms with van der Waals surface area (Å²) in [6.45, 7) is 2.67. The van der Waals surface area contributed by atoms with Gasteiger partial charge in [0, 0.05) is 0 Å². The standard InChI is InChI=1S/C13H13F3N2OS/c1-9-4-2-3-5-10(9)19-7-6-17-12-18-8-11(20-12)13(14,15)16/h2-5,8H,6-7H2,1H3,(H,17,18). The molecule has 7 heteroatoms. The third kappa shape index (κ3) is 3.86. The number of hydrogen-bond donors (Lipinski definition) is 1. The molecule has 0 saturated heterocycles. The Hall–Kier alpha value is -1.76. The maximum atomic E-state index is 12.4. The third-order valence-electron chi connectivity index (χ3n) is 2.51. The van der Waals surface area contributed by atoms with Crippen molar-refractivity contribution in [2.45, 2.75) is 13.1 Å². The lowest BCUT2D eigenvalue weighted by molar-refractivity contribution is -0.134. The number of para-hydroxylation sites is 1. The van der Waals surface area contributed by atoms with E-state index in [4.69, 9.17) is 4.74 Å². The van der Waals surface area contributed by atoms with Gasteiger partial charge in [-0.2, -0.15) is 13.2 Å². The van der Waals surface area contributed by atoms with E-state index in [1.54, 1.807) is 0 Å². The first kappa shape index (κ1) is 14.6. The zero-order valence-electron chi connectivity index (χ0n) is 10.7. The second-order valence-electron chi connectivity index (χ2n) is 4.07. The molecule has 0 bridgehead atoms. The van der Waals surface area contributed by atoms with Crippen molar-refractivity contribution in [2.24, 2.45) is 0 Å². The molecular weight excluding hydrogens is 289 g/mol. The van der Waals surface area contributed by atoms with Gasteiger partial charge >= 0.3 is 6.18 Å². The normalized spacial score (nSPS) is 11.4. The number of benzene rings is 1. The van der Waals surface area contributed by atoms with Crippen LogP contribution in [-0.4, -0.2) is 18.1 Å². The molecular formula is C13H13F3N2OS. The molecule has 1 aromatic heterocycles. The van der Waals surface area contributed by atoms with Gasteiger partial charge in [-0.15, -0.1) is 0 Å². The molecule has 0 unspecified atom stereocenters. The second-order valence-corrected chi connectivity index (χ2v) is 5.10. The number of thiazole rings is 1. The number of alkyl halides is 3. The Balaban J connectivity index is 1.79. The number of aryl methyl sites for hydroxylation is 1. The number of nitrogens with one attached hydrogen (secondary N) is 1. The van der Waals surface area contributed by atoms with Gasteiger partial charge in [0.2, 0.25) is 0 Å². The van der Waals surface area contributed by atoms with Gasteiger partial charge in [0.25, 0.3) is 0 Å². The summed E-state index contributed by atoms with van der Waals surface area (Å²) >= 11 is 0.586. The molecule has 2 aromatic rings. The van der Waals surface area contributed by atoms with E-state index in [1.165, 1.54) is 0 Å². The minimum atomic E-state index is -4.34. The molecule has 0 atom stereocenters. The number of ether oxygens (including phenoxy) is 1. The Morgan fingerprint density at radius 3 is 2.70 bits per heavy atom. The van der Waals surface area contributed by atoms with Crippen LogP contribution in [-0.2, 0) is 6.18 Å². The molecule has 108 valence electrons. The van der Waals surface area contributed by atoms with Crippen molar-refractivity contribution >= 4 is 16.5 Å². The predicted molar refractivity (Wildman–Crippen MR) is 72.3 cm³/mol. The Kier molecular flexibility index (Phi) is 4.49. The summed E-state index contributed by atoms with van der Waals surface area (Å²) < 4.78 is 42.6. The maximum absolute atomic E-state index is 12.4. The van der Waals surface area contributed by atoms with Gasteiger partial charge in [-0.1, -0.05) is 29.5 Å². The van der Waals surface area contributed by atoms with Crippen LogP contribution in [0.5, 0.6) is 5.75 Å². The van der Waals surface area contributed by atoms with E-state index >= 15 is 0 Å². The molecule has 3 nitrogen and oxygen atoms in total. The van der Waals surface area contributed by atoms with Crippen molar-refractivity contribution in [2.75, 3.05) is 18.5 Å². The molecule has 0 radical (unpaired) electrons. The van der Waals surface area contributed by atoms with E-state index in [0.717, 1.165) is 17.5 Å². The molecule has 0 saturated carbocycles. The highest BCUT2D eigenvalue weighted by atomic mass is 32.1. The summed E-state index contributed by atoms with van der Waals surface area (Å²) in [4.78, 5) is 2.97. The number of hydrogen-bond acceptors (Lipinski definition) is 4. The summed E-state index contributed by atoms with van der Waals surface area (Å²) in [5.41, 5.74) is 1.01. The van der Waals surface area contributed by atoms with Crippen LogP contribution in [0.15, 0.2) is 30.5 Å². The highest BCUT2D eigenvalue weighted by Crippen LogP contribution is 2.34. The predicted octanol–water partition coefficient (Wildman–Crippen LogP) is 3.96. The Morgan fingerprint density at radius 2 is 2.05 bits per heavy atom. The molecule has 0 fully saturated rings. The van der Waals surface area contributed by atoms with E-state index in [1.807, 2.05) is 31.2 Å². The van der Waals surface area contributed by atoms with Gasteiger partial charge in [-0.05, 0) is 18.6 Å². The Bertz CT molecular complexity index is 569. The van der Waals surface area contributed by atoms with Crippen LogP contribution in [0, 0.1) is 6.92 Å². The fourth-order valence-electron chi connectivity index (χ4n) is 1.52. The highest BCUT2D eigenvalue weighted by Gasteiger charge is 2.33. The van der Waals surface area contributed by atoms with Crippen molar-refractivity contribution in [1.82, 2.24) is 4.98 Å². The monoisotopic (exact) mass is 302 g/mol. The lowest BCUT2D eigenvalue weighted by Gasteiger charge is -2.08. The topological polar surface area (TPSA) is 34.1 Å².